The predicted octanol–water partition coefficient (Wildman–Crippen LogP) is 3.71. The van der Waals surface area contributed by atoms with Gasteiger partial charge in [-0.1, -0.05) is 48.5 Å². The lowest BCUT2D eigenvalue weighted by molar-refractivity contribution is -0.251. The van der Waals surface area contributed by atoms with Crippen LogP contribution >= 0.6 is 0 Å². The average Bonchev–Trinajstić information content (AvgIpc) is 2.88. The first-order valence-electron chi connectivity index (χ1n) is 6.12. The molecule has 4 rings (SSSR count). The van der Waals surface area contributed by atoms with Crippen LogP contribution in [0.5, 0.6) is 0 Å². The standard InChI is InChI=1S/C13H10.C3H3NO2/c1-3-7-12-10(5-1)9-11-6-2-4-8-13(11)12;1-2-4-6-5-3-1/h1-8H,9H2;1-3H. The maximum Gasteiger partial charge on any atom is 0.147 e. The zero-order chi connectivity index (χ0) is 12.9. The molecule has 0 fully saturated rings. The summed E-state index contributed by atoms with van der Waals surface area (Å²) in [6.45, 7) is 0. The van der Waals surface area contributed by atoms with Gasteiger partial charge in [-0.25, -0.2) is 0 Å². The number of benzene rings is 2. The highest BCUT2D eigenvalue weighted by atomic mass is 17.3. The van der Waals surface area contributed by atoms with Crippen molar-refractivity contribution in [2.75, 3.05) is 0 Å². The quantitative estimate of drug-likeness (QED) is 0.570. The fraction of sp³-hybridized carbons (Fsp3) is 0.0625. The summed E-state index contributed by atoms with van der Waals surface area (Å²) in [5, 5.41) is 3.24. The third-order valence-electron chi connectivity index (χ3n) is 3.07. The van der Waals surface area contributed by atoms with Crippen LogP contribution < -0.4 is 0 Å². The average molecular weight is 251 g/mol. The minimum atomic E-state index is 1.10. The van der Waals surface area contributed by atoms with Crippen LogP contribution in [0.1, 0.15) is 11.1 Å². The molecule has 2 aromatic rings. The molecule has 1 heterocycles. The van der Waals surface area contributed by atoms with Gasteiger partial charge in [0.2, 0.25) is 0 Å². The van der Waals surface area contributed by atoms with Crippen LogP contribution in [0, 0.1) is 0 Å². The molecule has 0 bridgehead atoms. The molecule has 1 aliphatic heterocycles. The summed E-state index contributed by atoms with van der Waals surface area (Å²) in [7, 11) is 0. The Labute approximate surface area is 111 Å². The van der Waals surface area contributed by atoms with E-state index in [1.54, 1.807) is 6.08 Å². The largest absolute Gasteiger partial charge is 0.275 e. The summed E-state index contributed by atoms with van der Waals surface area (Å²) in [6.07, 6.45) is 5.62. The van der Waals surface area contributed by atoms with Crippen molar-refractivity contribution in [3.8, 4) is 11.1 Å². The molecule has 2 aliphatic rings. The minimum absolute atomic E-state index is 1.10. The van der Waals surface area contributed by atoms with Gasteiger partial charge in [0, 0.05) is 0 Å². The Kier molecular flexibility index (Phi) is 3.28. The number of hydrogen-bond acceptors (Lipinski definition) is 3. The van der Waals surface area contributed by atoms with Gasteiger partial charge in [0.15, 0.2) is 0 Å². The molecule has 0 N–H and O–H groups in total. The number of rotatable bonds is 0. The SMILES string of the molecule is C1=COON=C1.c1ccc2c(c1)Cc1ccccc1-2. The maximum atomic E-state index is 4.19. The first-order chi connectivity index (χ1) is 9.45. The van der Waals surface area contributed by atoms with Crippen molar-refractivity contribution in [2.45, 2.75) is 6.42 Å². The molecule has 19 heavy (non-hydrogen) atoms. The van der Waals surface area contributed by atoms with Gasteiger partial charge in [-0.15, -0.1) is 0 Å². The van der Waals surface area contributed by atoms with E-state index in [2.05, 4.69) is 63.6 Å². The lowest BCUT2D eigenvalue weighted by atomic mass is 10.1. The van der Waals surface area contributed by atoms with Gasteiger partial charge in [0.05, 0.1) is 6.21 Å². The molecule has 2 aromatic carbocycles. The van der Waals surface area contributed by atoms with E-state index in [1.807, 2.05) is 0 Å². The molecule has 0 saturated heterocycles. The van der Waals surface area contributed by atoms with Crippen LogP contribution in [-0.4, -0.2) is 6.21 Å². The Hall–Kier alpha value is -2.55. The number of hydrogen-bond donors (Lipinski definition) is 0. The van der Waals surface area contributed by atoms with Gasteiger partial charge in [-0.3, -0.25) is 4.89 Å². The topological polar surface area (TPSA) is 30.8 Å². The number of oxime groups is 1. The van der Waals surface area contributed by atoms with E-state index in [0.717, 1.165) is 6.42 Å². The van der Waals surface area contributed by atoms with Crippen molar-refractivity contribution in [3.63, 3.8) is 0 Å². The van der Waals surface area contributed by atoms with E-state index in [1.165, 1.54) is 34.7 Å². The summed E-state index contributed by atoms with van der Waals surface area (Å²) in [5.41, 5.74) is 5.75. The predicted molar refractivity (Wildman–Crippen MR) is 74.5 cm³/mol. The summed E-state index contributed by atoms with van der Waals surface area (Å²) < 4.78 is 0. The smallest absolute Gasteiger partial charge is 0.147 e. The Balaban J connectivity index is 0.000000155. The Morgan fingerprint density at radius 3 is 1.89 bits per heavy atom. The Morgan fingerprint density at radius 1 is 0.842 bits per heavy atom. The molecule has 0 unspecified atom stereocenters. The van der Waals surface area contributed by atoms with Crippen LogP contribution in [0.15, 0.2) is 66.0 Å². The second-order valence-corrected chi connectivity index (χ2v) is 4.24. The number of allylic oxidation sites excluding steroid dienone is 1. The molecular formula is C16H13NO2. The molecule has 0 atom stereocenters. The van der Waals surface area contributed by atoms with Crippen molar-refractivity contribution in [3.05, 3.63) is 72.0 Å². The normalized spacial score (nSPS) is 13.5. The highest BCUT2D eigenvalue weighted by Gasteiger charge is 2.15. The van der Waals surface area contributed by atoms with E-state index >= 15 is 0 Å². The number of fused-ring (bicyclic) bond motifs is 3. The molecule has 3 heteroatoms. The molecule has 0 spiro atoms. The van der Waals surface area contributed by atoms with Crippen molar-refractivity contribution < 1.29 is 9.88 Å². The van der Waals surface area contributed by atoms with Crippen LogP contribution in [0.4, 0.5) is 0 Å². The zero-order valence-corrected chi connectivity index (χ0v) is 10.3. The number of nitrogens with zero attached hydrogens (tertiary/aromatic N) is 1. The maximum absolute atomic E-state index is 4.19. The van der Waals surface area contributed by atoms with Gasteiger partial charge in [-0.2, -0.15) is 4.99 Å². The molecule has 3 nitrogen and oxygen atoms in total. The molecule has 0 aromatic heterocycles. The molecular weight excluding hydrogens is 238 g/mol. The van der Waals surface area contributed by atoms with Gasteiger partial charge < -0.3 is 0 Å². The van der Waals surface area contributed by atoms with Crippen LogP contribution in [0.3, 0.4) is 0 Å². The van der Waals surface area contributed by atoms with E-state index in [0.29, 0.717) is 0 Å². The lowest BCUT2D eigenvalue weighted by Gasteiger charge is -1.98. The summed E-state index contributed by atoms with van der Waals surface area (Å²) in [4.78, 5) is 8.24. The van der Waals surface area contributed by atoms with E-state index in [9.17, 15) is 0 Å². The first kappa shape index (κ1) is 11.5. The Bertz CT molecular complexity index is 577. The fourth-order valence-electron chi connectivity index (χ4n) is 2.26. The van der Waals surface area contributed by atoms with Gasteiger partial charge in [0.1, 0.15) is 6.26 Å². The molecule has 94 valence electrons. The summed E-state index contributed by atoms with van der Waals surface area (Å²) in [5.74, 6) is 0. The summed E-state index contributed by atoms with van der Waals surface area (Å²) >= 11 is 0. The molecule has 0 saturated carbocycles. The zero-order valence-electron chi connectivity index (χ0n) is 10.3. The second-order valence-electron chi connectivity index (χ2n) is 4.24. The van der Waals surface area contributed by atoms with Crippen molar-refractivity contribution in [1.29, 1.82) is 0 Å². The highest BCUT2D eigenvalue weighted by molar-refractivity contribution is 5.76. The van der Waals surface area contributed by atoms with Gasteiger partial charge in [-0.05, 0) is 39.9 Å². The van der Waals surface area contributed by atoms with Crippen LogP contribution in [0.2, 0.25) is 0 Å². The molecule has 1 aliphatic carbocycles. The first-order valence-corrected chi connectivity index (χ1v) is 6.12. The Morgan fingerprint density at radius 2 is 1.47 bits per heavy atom. The fourth-order valence-corrected chi connectivity index (χ4v) is 2.26. The minimum Gasteiger partial charge on any atom is -0.275 e. The highest BCUT2D eigenvalue weighted by Crippen LogP contribution is 2.35. The van der Waals surface area contributed by atoms with Crippen LogP contribution in [0.25, 0.3) is 11.1 Å². The van der Waals surface area contributed by atoms with E-state index in [-0.39, 0.29) is 0 Å². The lowest BCUT2D eigenvalue weighted by Crippen LogP contribution is -1.82. The summed E-state index contributed by atoms with van der Waals surface area (Å²) in [6, 6.07) is 17.3. The van der Waals surface area contributed by atoms with Gasteiger partial charge >= 0.3 is 0 Å². The van der Waals surface area contributed by atoms with Crippen molar-refractivity contribution >= 4 is 6.21 Å². The molecule has 0 amide bonds. The van der Waals surface area contributed by atoms with Crippen LogP contribution in [-0.2, 0) is 16.3 Å². The van der Waals surface area contributed by atoms with E-state index < -0.39 is 0 Å². The second kappa shape index (κ2) is 5.40. The monoisotopic (exact) mass is 251 g/mol. The molecule has 0 radical (unpaired) electrons. The third kappa shape index (κ3) is 2.50. The van der Waals surface area contributed by atoms with Gasteiger partial charge in [0.25, 0.3) is 0 Å². The van der Waals surface area contributed by atoms with Crippen molar-refractivity contribution in [2.24, 2.45) is 5.16 Å². The third-order valence-corrected chi connectivity index (χ3v) is 3.07. The van der Waals surface area contributed by atoms with Crippen molar-refractivity contribution in [1.82, 2.24) is 0 Å². The van der Waals surface area contributed by atoms with E-state index in [4.69, 9.17) is 0 Å².